The zero-order valence-electron chi connectivity index (χ0n) is 16.4. The van der Waals surface area contributed by atoms with Gasteiger partial charge in [-0.15, -0.1) is 11.3 Å². The van der Waals surface area contributed by atoms with Crippen LogP contribution in [0.3, 0.4) is 0 Å². The van der Waals surface area contributed by atoms with Crippen molar-refractivity contribution in [2.45, 2.75) is 26.3 Å². The molecule has 1 aliphatic heterocycles. The summed E-state index contributed by atoms with van der Waals surface area (Å²) in [6.07, 6.45) is 1.25. The number of benzene rings is 1. The molecule has 0 N–H and O–H groups in total. The van der Waals surface area contributed by atoms with Crippen molar-refractivity contribution in [2.75, 3.05) is 20.2 Å². The third-order valence-electron chi connectivity index (χ3n) is 5.38. The third-order valence-corrected chi connectivity index (χ3v) is 6.52. The van der Waals surface area contributed by atoms with Gasteiger partial charge in [0.2, 0.25) is 0 Å². The van der Waals surface area contributed by atoms with Crippen LogP contribution in [0.4, 0.5) is 4.39 Å². The van der Waals surface area contributed by atoms with Crippen LogP contribution in [0.15, 0.2) is 30.3 Å². The number of halogens is 1. The molecule has 2 aromatic heterocycles. The number of piperidine rings is 1. The Hall–Kier alpha value is -2.74. The molecule has 152 valence electrons. The van der Waals surface area contributed by atoms with Crippen LogP contribution in [0, 0.1) is 18.7 Å². The maximum Gasteiger partial charge on any atom is 0.308 e. The van der Waals surface area contributed by atoms with Gasteiger partial charge in [-0.2, -0.15) is 5.10 Å². The molecule has 0 bridgehead atoms. The van der Waals surface area contributed by atoms with Crippen LogP contribution in [-0.2, 0) is 16.1 Å². The second kappa shape index (κ2) is 7.94. The molecule has 0 spiro atoms. The molecular weight excluding hydrogens is 393 g/mol. The molecule has 1 aromatic carbocycles. The molecule has 0 unspecified atom stereocenters. The van der Waals surface area contributed by atoms with Gasteiger partial charge in [0, 0.05) is 18.5 Å². The van der Waals surface area contributed by atoms with Crippen LogP contribution in [0.5, 0.6) is 0 Å². The minimum atomic E-state index is -0.268. The van der Waals surface area contributed by atoms with Gasteiger partial charge in [0.25, 0.3) is 5.91 Å². The normalized spacial score (nSPS) is 15.1. The van der Waals surface area contributed by atoms with Crippen LogP contribution in [-0.4, -0.2) is 46.8 Å². The van der Waals surface area contributed by atoms with E-state index in [-0.39, 0.29) is 23.6 Å². The molecule has 0 saturated carbocycles. The topological polar surface area (TPSA) is 64.4 Å². The lowest BCUT2D eigenvalue weighted by molar-refractivity contribution is -0.146. The van der Waals surface area contributed by atoms with Crippen LogP contribution < -0.4 is 0 Å². The quantitative estimate of drug-likeness (QED) is 0.611. The van der Waals surface area contributed by atoms with Gasteiger partial charge in [-0.1, -0.05) is 12.1 Å². The molecule has 1 amide bonds. The minimum absolute atomic E-state index is 0.0118. The number of aromatic nitrogens is 2. The molecule has 8 heteroatoms. The van der Waals surface area contributed by atoms with Gasteiger partial charge in [-0.05, 0) is 43.5 Å². The summed E-state index contributed by atoms with van der Waals surface area (Å²) in [6, 6.07) is 8.25. The number of nitrogens with zero attached hydrogens (tertiary/aromatic N) is 3. The first-order valence-corrected chi connectivity index (χ1v) is 10.4. The second-order valence-corrected chi connectivity index (χ2v) is 8.32. The number of aryl methyl sites for hydroxylation is 1. The van der Waals surface area contributed by atoms with Crippen LogP contribution in [0.25, 0.3) is 10.2 Å². The first kappa shape index (κ1) is 19.6. The van der Waals surface area contributed by atoms with Gasteiger partial charge in [0.1, 0.15) is 10.6 Å². The molecule has 3 heterocycles. The smallest absolute Gasteiger partial charge is 0.308 e. The van der Waals surface area contributed by atoms with Crippen molar-refractivity contribution in [1.29, 1.82) is 0 Å². The molecular formula is C21H22FN3O3S. The van der Waals surface area contributed by atoms with Crippen molar-refractivity contribution in [2.24, 2.45) is 5.92 Å². The number of amides is 1. The van der Waals surface area contributed by atoms with Crippen LogP contribution in [0.2, 0.25) is 0 Å². The highest BCUT2D eigenvalue weighted by Gasteiger charge is 2.29. The monoisotopic (exact) mass is 415 g/mol. The zero-order valence-corrected chi connectivity index (χ0v) is 17.2. The number of carbonyl (C=O) groups is 2. The highest BCUT2D eigenvalue weighted by molar-refractivity contribution is 7.20. The standard InChI is InChI=1S/C21H22FN3O3S/c1-13-17-11-18(19(26)24-9-7-15(8-10-24)21(27)28-2)29-20(17)25(23-13)12-14-3-5-16(22)6-4-14/h3-6,11,15H,7-10,12H2,1-2H3. The Morgan fingerprint density at radius 1 is 1.24 bits per heavy atom. The third kappa shape index (κ3) is 3.89. The van der Waals surface area contributed by atoms with Crippen molar-refractivity contribution < 1.29 is 18.7 Å². The van der Waals surface area contributed by atoms with Gasteiger partial charge in [-0.3, -0.25) is 14.3 Å². The number of methoxy groups -OCH3 is 1. The van der Waals surface area contributed by atoms with Crippen molar-refractivity contribution in [1.82, 2.24) is 14.7 Å². The lowest BCUT2D eigenvalue weighted by Gasteiger charge is -2.30. The summed E-state index contributed by atoms with van der Waals surface area (Å²) in [7, 11) is 1.40. The van der Waals surface area contributed by atoms with E-state index in [9.17, 15) is 14.0 Å². The lowest BCUT2D eigenvalue weighted by Crippen LogP contribution is -2.40. The summed E-state index contributed by atoms with van der Waals surface area (Å²) >= 11 is 1.42. The fourth-order valence-electron chi connectivity index (χ4n) is 3.73. The Bertz CT molecular complexity index is 1050. The van der Waals surface area contributed by atoms with Gasteiger partial charge in [0.05, 0.1) is 30.1 Å². The fraction of sp³-hybridized carbons (Fsp3) is 0.381. The predicted molar refractivity (Wildman–Crippen MR) is 108 cm³/mol. The largest absolute Gasteiger partial charge is 0.469 e. The molecule has 0 atom stereocenters. The first-order valence-electron chi connectivity index (χ1n) is 9.54. The van der Waals surface area contributed by atoms with Gasteiger partial charge < -0.3 is 9.64 Å². The highest BCUT2D eigenvalue weighted by atomic mass is 32.1. The number of carbonyl (C=O) groups excluding carboxylic acids is 2. The first-order chi connectivity index (χ1) is 14.0. The van der Waals surface area contributed by atoms with E-state index in [1.54, 1.807) is 17.0 Å². The summed E-state index contributed by atoms with van der Waals surface area (Å²) in [6.45, 7) is 3.54. The van der Waals surface area contributed by atoms with Crippen molar-refractivity contribution in [3.63, 3.8) is 0 Å². The Kier molecular flexibility index (Phi) is 5.36. The number of ether oxygens (including phenoxy) is 1. The summed E-state index contributed by atoms with van der Waals surface area (Å²) in [4.78, 5) is 28.1. The SMILES string of the molecule is COC(=O)C1CCN(C(=O)c2cc3c(C)nn(Cc4ccc(F)cc4)c3s2)CC1. The molecule has 1 fully saturated rings. The number of likely N-dealkylation sites (tertiary alicyclic amines) is 1. The van der Waals surface area contributed by atoms with Gasteiger partial charge in [-0.25, -0.2) is 4.39 Å². The average Bonchev–Trinajstić information content (AvgIpc) is 3.30. The number of hydrogen-bond donors (Lipinski definition) is 0. The van der Waals surface area contributed by atoms with E-state index in [0.717, 1.165) is 21.5 Å². The Balaban J connectivity index is 1.52. The number of thiophene rings is 1. The molecule has 29 heavy (non-hydrogen) atoms. The molecule has 1 saturated heterocycles. The molecule has 6 nitrogen and oxygen atoms in total. The summed E-state index contributed by atoms with van der Waals surface area (Å²) in [5.74, 6) is -0.605. The molecule has 0 radical (unpaired) electrons. The van der Waals surface area contributed by atoms with Gasteiger partial charge in [0.15, 0.2) is 0 Å². The number of esters is 1. The van der Waals surface area contributed by atoms with Crippen molar-refractivity contribution in [3.05, 3.63) is 52.3 Å². The van der Waals surface area contributed by atoms with E-state index < -0.39 is 0 Å². The summed E-state index contributed by atoms with van der Waals surface area (Å²) in [5.41, 5.74) is 1.81. The van der Waals surface area contributed by atoms with E-state index >= 15 is 0 Å². The second-order valence-electron chi connectivity index (χ2n) is 7.29. The van der Waals surface area contributed by atoms with Crippen LogP contribution in [0.1, 0.15) is 33.8 Å². The van der Waals surface area contributed by atoms with Crippen LogP contribution >= 0.6 is 11.3 Å². The van der Waals surface area contributed by atoms with E-state index in [2.05, 4.69) is 5.10 Å². The Labute approximate surface area is 171 Å². The van der Waals surface area contributed by atoms with E-state index in [1.165, 1.54) is 30.6 Å². The Morgan fingerprint density at radius 3 is 2.59 bits per heavy atom. The molecule has 1 aliphatic rings. The number of rotatable bonds is 4. The summed E-state index contributed by atoms with van der Waals surface area (Å²) < 4.78 is 19.8. The molecule has 0 aliphatic carbocycles. The van der Waals surface area contributed by atoms with E-state index in [1.807, 2.05) is 17.7 Å². The minimum Gasteiger partial charge on any atom is -0.469 e. The number of hydrogen-bond acceptors (Lipinski definition) is 5. The Morgan fingerprint density at radius 2 is 1.93 bits per heavy atom. The maximum atomic E-state index is 13.2. The lowest BCUT2D eigenvalue weighted by atomic mass is 9.97. The average molecular weight is 415 g/mol. The van der Waals surface area contributed by atoms with E-state index in [0.29, 0.717) is 37.4 Å². The van der Waals surface area contributed by atoms with Gasteiger partial charge >= 0.3 is 5.97 Å². The molecule has 3 aromatic rings. The van der Waals surface area contributed by atoms with Crippen molar-refractivity contribution in [3.8, 4) is 0 Å². The zero-order chi connectivity index (χ0) is 20.5. The fourth-order valence-corrected chi connectivity index (χ4v) is 4.86. The van der Waals surface area contributed by atoms with E-state index in [4.69, 9.17) is 4.74 Å². The van der Waals surface area contributed by atoms with Crippen molar-refractivity contribution >= 4 is 33.4 Å². The highest BCUT2D eigenvalue weighted by Crippen LogP contribution is 2.31. The number of fused-ring (bicyclic) bond motifs is 1. The summed E-state index contributed by atoms with van der Waals surface area (Å²) in [5, 5.41) is 5.54. The predicted octanol–water partition coefficient (Wildman–Crippen LogP) is 3.62. The maximum absolute atomic E-state index is 13.2. The molecule has 4 rings (SSSR count).